The van der Waals surface area contributed by atoms with Gasteiger partial charge >= 0.3 is 23.8 Å². The minimum Gasteiger partial charge on any atom is -0.458 e. The maximum atomic E-state index is 13.3. The number of esters is 3. The average Bonchev–Trinajstić information content (AvgIpc) is 3.24. The highest BCUT2D eigenvalue weighted by Gasteiger charge is 2.70. The van der Waals surface area contributed by atoms with Crippen molar-refractivity contribution < 1.29 is 37.4 Å². The molecule has 1 heterocycles. The highest BCUT2D eigenvalue weighted by Crippen LogP contribution is 2.59. The van der Waals surface area contributed by atoms with E-state index in [1.165, 1.54) is 0 Å². The van der Waals surface area contributed by atoms with Crippen LogP contribution in [0.1, 0.15) is 32.8 Å². The first-order valence-electron chi connectivity index (χ1n) is 9.68. The molecule has 6 nitrogen and oxygen atoms in total. The van der Waals surface area contributed by atoms with Crippen LogP contribution in [0.15, 0.2) is 24.3 Å². The standard InChI is InChI=1S/C21H21F2IO6/c1-20(2,9-4-6-10(24)7-5-9)30-18(26)14-12-8-11-13(14)17(25)28-15(11)16(12)29-19(27)21(3,22)23/h4-7,11-16H,8H2,1-3H3. The Kier molecular flexibility index (Phi) is 5.10. The van der Waals surface area contributed by atoms with E-state index >= 15 is 0 Å². The molecule has 1 aromatic rings. The fraction of sp³-hybridized carbons (Fsp3) is 0.571. The topological polar surface area (TPSA) is 78.9 Å². The summed E-state index contributed by atoms with van der Waals surface area (Å²) in [6.07, 6.45) is -1.47. The van der Waals surface area contributed by atoms with Crippen LogP contribution in [0.25, 0.3) is 0 Å². The van der Waals surface area contributed by atoms with Gasteiger partial charge in [-0.05, 0) is 60.6 Å². The van der Waals surface area contributed by atoms with E-state index in [0.29, 0.717) is 13.3 Å². The number of rotatable bonds is 5. The van der Waals surface area contributed by atoms with Gasteiger partial charge in [0.1, 0.15) is 17.8 Å². The van der Waals surface area contributed by atoms with Gasteiger partial charge in [-0.3, -0.25) is 9.59 Å². The summed E-state index contributed by atoms with van der Waals surface area (Å²) in [6.45, 7) is 3.93. The molecule has 1 saturated heterocycles. The van der Waals surface area contributed by atoms with Crippen molar-refractivity contribution in [2.45, 2.75) is 50.9 Å². The quantitative estimate of drug-likeness (QED) is 0.327. The highest BCUT2D eigenvalue weighted by atomic mass is 127. The normalized spacial score (nSPS) is 32.1. The number of fused-ring (bicyclic) bond motifs is 1. The molecule has 0 spiro atoms. The van der Waals surface area contributed by atoms with Crippen LogP contribution in [-0.4, -0.2) is 36.0 Å². The molecule has 2 bridgehead atoms. The fourth-order valence-electron chi connectivity index (χ4n) is 4.93. The summed E-state index contributed by atoms with van der Waals surface area (Å²) in [6, 6.07) is 7.48. The number of ether oxygens (including phenoxy) is 3. The van der Waals surface area contributed by atoms with Crippen molar-refractivity contribution in [3.63, 3.8) is 0 Å². The maximum Gasteiger partial charge on any atom is 0.377 e. The third kappa shape index (κ3) is 3.48. The Labute approximate surface area is 185 Å². The van der Waals surface area contributed by atoms with E-state index in [1.54, 1.807) is 13.8 Å². The summed E-state index contributed by atoms with van der Waals surface area (Å²) < 4.78 is 43.8. The first-order chi connectivity index (χ1) is 13.9. The second-order valence-corrected chi connectivity index (χ2v) is 9.96. The minimum absolute atomic E-state index is 0.343. The molecule has 0 N–H and O–H groups in total. The summed E-state index contributed by atoms with van der Waals surface area (Å²) in [4.78, 5) is 37.3. The molecule has 1 aliphatic heterocycles. The summed E-state index contributed by atoms with van der Waals surface area (Å²) in [5.74, 6) is -9.07. The van der Waals surface area contributed by atoms with Gasteiger partial charge in [-0.1, -0.05) is 12.1 Å². The Bertz CT molecular complexity index is 894. The Balaban J connectivity index is 1.56. The van der Waals surface area contributed by atoms with Crippen LogP contribution in [0, 0.1) is 27.2 Å². The Morgan fingerprint density at radius 3 is 2.37 bits per heavy atom. The van der Waals surface area contributed by atoms with Crippen molar-refractivity contribution in [2.75, 3.05) is 0 Å². The zero-order valence-corrected chi connectivity index (χ0v) is 18.7. The Morgan fingerprint density at radius 2 is 1.77 bits per heavy atom. The molecular weight excluding hydrogens is 513 g/mol. The summed E-state index contributed by atoms with van der Waals surface area (Å²) in [5.41, 5.74) is -0.187. The monoisotopic (exact) mass is 534 g/mol. The number of benzene rings is 1. The molecule has 4 rings (SSSR count). The molecule has 162 valence electrons. The van der Waals surface area contributed by atoms with Crippen LogP contribution >= 0.6 is 22.6 Å². The van der Waals surface area contributed by atoms with Crippen molar-refractivity contribution in [2.24, 2.45) is 23.7 Å². The SMILES string of the molecule is CC(F)(F)C(=O)OC1C2CC3C1OC(=O)C3C2C(=O)OC(C)(C)c1ccc(I)cc1. The van der Waals surface area contributed by atoms with Gasteiger partial charge in [0.25, 0.3) is 0 Å². The second kappa shape index (κ2) is 7.13. The van der Waals surface area contributed by atoms with Crippen molar-refractivity contribution in [1.29, 1.82) is 0 Å². The van der Waals surface area contributed by atoms with E-state index in [2.05, 4.69) is 22.6 Å². The Morgan fingerprint density at radius 1 is 1.13 bits per heavy atom. The van der Waals surface area contributed by atoms with Gasteiger partial charge in [-0.25, -0.2) is 4.79 Å². The van der Waals surface area contributed by atoms with Crippen molar-refractivity contribution >= 4 is 40.5 Å². The van der Waals surface area contributed by atoms with E-state index in [0.717, 1.165) is 9.13 Å². The first-order valence-corrected chi connectivity index (χ1v) is 10.8. The number of carbonyl (C=O) groups excluding carboxylic acids is 3. The number of carbonyl (C=O) groups is 3. The number of alkyl halides is 2. The molecule has 0 aromatic heterocycles. The highest BCUT2D eigenvalue weighted by molar-refractivity contribution is 14.1. The smallest absolute Gasteiger partial charge is 0.377 e. The predicted molar refractivity (Wildman–Crippen MR) is 107 cm³/mol. The molecule has 1 aromatic carbocycles. The van der Waals surface area contributed by atoms with Gasteiger partial charge in [-0.15, -0.1) is 0 Å². The molecule has 30 heavy (non-hydrogen) atoms. The molecule has 3 aliphatic rings. The fourth-order valence-corrected chi connectivity index (χ4v) is 5.29. The molecule has 3 fully saturated rings. The minimum atomic E-state index is -3.67. The van der Waals surface area contributed by atoms with Crippen LogP contribution < -0.4 is 0 Å². The zero-order valence-electron chi connectivity index (χ0n) is 16.6. The van der Waals surface area contributed by atoms with Crippen molar-refractivity contribution in [1.82, 2.24) is 0 Å². The summed E-state index contributed by atoms with van der Waals surface area (Å²) in [7, 11) is 0. The lowest BCUT2D eigenvalue weighted by molar-refractivity contribution is -0.187. The van der Waals surface area contributed by atoms with Gasteiger partial charge in [0.2, 0.25) is 0 Å². The van der Waals surface area contributed by atoms with Gasteiger partial charge < -0.3 is 14.2 Å². The maximum absolute atomic E-state index is 13.3. The number of hydrogen-bond acceptors (Lipinski definition) is 6. The first kappa shape index (κ1) is 21.5. The van der Waals surface area contributed by atoms with Crippen LogP contribution in [0.5, 0.6) is 0 Å². The second-order valence-electron chi connectivity index (χ2n) is 8.71. The molecule has 6 unspecified atom stereocenters. The van der Waals surface area contributed by atoms with E-state index in [-0.39, 0.29) is 5.92 Å². The van der Waals surface area contributed by atoms with E-state index in [9.17, 15) is 23.2 Å². The van der Waals surface area contributed by atoms with Gasteiger partial charge in [0, 0.05) is 22.3 Å². The van der Waals surface area contributed by atoms with Crippen LogP contribution in [0.4, 0.5) is 8.78 Å². The lowest BCUT2D eigenvalue weighted by atomic mass is 9.78. The molecule has 6 atom stereocenters. The third-order valence-electron chi connectivity index (χ3n) is 6.31. The molecule has 2 saturated carbocycles. The predicted octanol–water partition coefficient (Wildman–Crippen LogP) is 3.44. The van der Waals surface area contributed by atoms with Gasteiger partial charge in [0.05, 0.1) is 11.8 Å². The summed E-state index contributed by atoms with van der Waals surface area (Å²) >= 11 is 2.17. The van der Waals surface area contributed by atoms with Crippen LogP contribution in [-0.2, 0) is 34.2 Å². The van der Waals surface area contributed by atoms with Crippen LogP contribution in [0.3, 0.4) is 0 Å². The van der Waals surface area contributed by atoms with Crippen molar-refractivity contribution in [3.8, 4) is 0 Å². The third-order valence-corrected chi connectivity index (χ3v) is 7.03. The zero-order chi connectivity index (χ0) is 22.0. The van der Waals surface area contributed by atoms with Crippen LogP contribution in [0.2, 0.25) is 0 Å². The largest absolute Gasteiger partial charge is 0.458 e. The average molecular weight is 534 g/mol. The van der Waals surface area contributed by atoms with E-state index in [1.807, 2.05) is 24.3 Å². The summed E-state index contributed by atoms with van der Waals surface area (Å²) in [5, 5.41) is 0. The lowest BCUT2D eigenvalue weighted by Crippen LogP contribution is -2.46. The Hall–Kier alpha value is -1.78. The molecule has 0 amide bonds. The van der Waals surface area contributed by atoms with Crippen molar-refractivity contribution in [3.05, 3.63) is 33.4 Å². The molecule has 9 heteroatoms. The number of hydrogen-bond donors (Lipinski definition) is 0. The lowest BCUT2D eigenvalue weighted by Gasteiger charge is -2.33. The van der Waals surface area contributed by atoms with Gasteiger partial charge in [-0.2, -0.15) is 8.78 Å². The van der Waals surface area contributed by atoms with E-state index in [4.69, 9.17) is 14.2 Å². The molecular formula is C21H21F2IO6. The molecule has 0 radical (unpaired) electrons. The number of halogens is 3. The van der Waals surface area contributed by atoms with E-state index < -0.39 is 59.4 Å². The molecule has 2 aliphatic carbocycles. The van der Waals surface area contributed by atoms with Gasteiger partial charge in [0.15, 0.2) is 0 Å².